The molecule has 1 aliphatic carbocycles. The second kappa shape index (κ2) is 6.59. The molecule has 3 N–H and O–H groups in total. The van der Waals surface area contributed by atoms with Crippen LogP contribution in [0, 0.1) is 0 Å². The third-order valence-electron chi connectivity index (χ3n) is 3.78. The Hall–Kier alpha value is -1.07. The van der Waals surface area contributed by atoms with E-state index in [0.29, 0.717) is 23.9 Å². The molecule has 0 unspecified atom stereocenters. The molecule has 1 amide bonds. The first-order valence-corrected chi connectivity index (χ1v) is 7.74. The van der Waals surface area contributed by atoms with Crippen molar-refractivity contribution in [1.29, 1.82) is 0 Å². The van der Waals surface area contributed by atoms with Crippen LogP contribution in [-0.4, -0.2) is 21.7 Å². The summed E-state index contributed by atoms with van der Waals surface area (Å²) in [7, 11) is 0. The van der Waals surface area contributed by atoms with E-state index >= 15 is 0 Å². The normalized spacial score (nSPS) is 17.7. The van der Waals surface area contributed by atoms with Crippen LogP contribution in [0.3, 0.4) is 0 Å². The van der Waals surface area contributed by atoms with Crippen LogP contribution in [0.25, 0.3) is 0 Å². The first-order valence-electron chi connectivity index (χ1n) is 6.95. The van der Waals surface area contributed by atoms with Crippen molar-refractivity contribution in [3.63, 3.8) is 0 Å². The van der Waals surface area contributed by atoms with Gasteiger partial charge in [0.25, 0.3) is 0 Å². The summed E-state index contributed by atoms with van der Waals surface area (Å²) >= 11 is 3.24. The number of halogens is 1. The molecule has 0 saturated heterocycles. The molecule has 0 bridgehead atoms. The Bertz CT molecular complexity index is 484. The van der Waals surface area contributed by atoms with Gasteiger partial charge in [0, 0.05) is 6.54 Å². The standard InChI is InChI=1S/C15H20BrNO3/c16-12-8-11(4-5-13(12)18)10-17-14(19)9-15(20)6-2-1-3-7-15/h4-5,8,18,20H,1-3,6-7,9-10H2,(H,17,19). The van der Waals surface area contributed by atoms with Crippen LogP contribution in [0.4, 0.5) is 0 Å². The minimum absolute atomic E-state index is 0.126. The summed E-state index contributed by atoms with van der Waals surface area (Å²) in [6.45, 7) is 0.397. The Labute approximate surface area is 127 Å². The maximum absolute atomic E-state index is 11.9. The summed E-state index contributed by atoms with van der Waals surface area (Å²) in [4.78, 5) is 11.9. The van der Waals surface area contributed by atoms with E-state index in [0.717, 1.165) is 24.8 Å². The molecule has 4 nitrogen and oxygen atoms in total. The molecule has 0 aromatic heterocycles. The van der Waals surface area contributed by atoms with E-state index in [1.165, 1.54) is 0 Å². The minimum atomic E-state index is -0.822. The zero-order valence-electron chi connectivity index (χ0n) is 11.4. The van der Waals surface area contributed by atoms with Crippen molar-refractivity contribution in [2.24, 2.45) is 0 Å². The van der Waals surface area contributed by atoms with Crippen molar-refractivity contribution >= 4 is 21.8 Å². The molecule has 0 radical (unpaired) electrons. The maximum atomic E-state index is 11.9. The van der Waals surface area contributed by atoms with Crippen LogP contribution >= 0.6 is 15.9 Å². The smallest absolute Gasteiger partial charge is 0.223 e. The number of rotatable bonds is 4. The lowest BCUT2D eigenvalue weighted by molar-refractivity contribution is -0.127. The Kier molecular flexibility index (Phi) is 5.05. The third-order valence-corrected chi connectivity index (χ3v) is 4.41. The Morgan fingerprint density at radius 2 is 2.00 bits per heavy atom. The SMILES string of the molecule is O=C(CC1(O)CCCCC1)NCc1ccc(O)c(Br)c1. The van der Waals surface area contributed by atoms with Gasteiger partial charge in [-0.3, -0.25) is 4.79 Å². The van der Waals surface area contributed by atoms with Gasteiger partial charge in [-0.1, -0.05) is 25.3 Å². The van der Waals surface area contributed by atoms with Gasteiger partial charge >= 0.3 is 0 Å². The minimum Gasteiger partial charge on any atom is -0.507 e. The van der Waals surface area contributed by atoms with Gasteiger partial charge in [-0.15, -0.1) is 0 Å². The molecule has 1 aromatic rings. The van der Waals surface area contributed by atoms with Crippen molar-refractivity contribution in [3.8, 4) is 5.75 Å². The first-order chi connectivity index (χ1) is 9.48. The average Bonchev–Trinajstić information content (AvgIpc) is 2.40. The highest BCUT2D eigenvalue weighted by molar-refractivity contribution is 9.10. The monoisotopic (exact) mass is 341 g/mol. The zero-order valence-corrected chi connectivity index (χ0v) is 12.9. The van der Waals surface area contributed by atoms with Crippen LogP contribution < -0.4 is 5.32 Å². The summed E-state index contributed by atoms with van der Waals surface area (Å²) in [5.41, 5.74) is 0.0800. The number of aliphatic hydroxyl groups is 1. The fraction of sp³-hybridized carbons (Fsp3) is 0.533. The fourth-order valence-electron chi connectivity index (χ4n) is 2.61. The van der Waals surface area contributed by atoms with E-state index in [9.17, 15) is 15.0 Å². The number of phenols is 1. The van der Waals surface area contributed by atoms with Crippen molar-refractivity contribution in [2.45, 2.75) is 50.7 Å². The molecular formula is C15H20BrNO3. The molecule has 2 rings (SSSR count). The van der Waals surface area contributed by atoms with Crippen molar-refractivity contribution in [1.82, 2.24) is 5.32 Å². The van der Waals surface area contributed by atoms with E-state index in [4.69, 9.17) is 0 Å². The molecular weight excluding hydrogens is 322 g/mol. The molecule has 1 fully saturated rings. The van der Waals surface area contributed by atoms with Crippen LogP contribution in [0.1, 0.15) is 44.1 Å². The van der Waals surface area contributed by atoms with E-state index in [-0.39, 0.29) is 18.1 Å². The molecule has 1 aliphatic rings. The summed E-state index contributed by atoms with van der Waals surface area (Å²) in [6, 6.07) is 5.11. The topological polar surface area (TPSA) is 69.6 Å². The number of amides is 1. The molecule has 0 heterocycles. The van der Waals surface area contributed by atoms with Gasteiger partial charge < -0.3 is 15.5 Å². The molecule has 110 valence electrons. The number of hydrogen-bond acceptors (Lipinski definition) is 3. The van der Waals surface area contributed by atoms with Gasteiger partial charge in [0.05, 0.1) is 16.5 Å². The number of phenolic OH excluding ortho intramolecular Hbond substituents is 1. The second-order valence-electron chi connectivity index (χ2n) is 5.52. The quantitative estimate of drug-likeness (QED) is 0.788. The number of carbonyl (C=O) groups excluding carboxylic acids is 1. The van der Waals surface area contributed by atoms with E-state index < -0.39 is 5.60 Å². The number of aromatic hydroxyl groups is 1. The summed E-state index contributed by atoms with van der Waals surface area (Å²) in [5.74, 6) is 0.0511. The van der Waals surface area contributed by atoms with Gasteiger partial charge in [-0.25, -0.2) is 0 Å². The lowest BCUT2D eigenvalue weighted by Crippen LogP contribution is -2.38. The van der Waals surface area contributed by atoms with Gasteiger partial charge in [-0.2, -0.15) is 0 Å². The fourth-order valence-corrected chi connectivity index (χ4v) is 3.04. The highest BCUT2D eigenvalue weighted by atomic mass is 79.9. The largest absolute Gasteiger partial charge is 0.507 e. The lowest BCUT2D eigenvalue weighted by atomic mass is 9.82. The average molecular weight is 342 g/mol. The number of nitrogens with one attached hydrogen (secondary N) is 1. The zero-order chi connectivity index (χ0) is 14.6. The molecule has 1 aromatic carbocycles. The van der Waals surface area contributed by atoms with Crippen LogP contribution in [0.15, 0.2) is 22.7 Å². The molecule has 1 saturated carbocycles. The van der Waals surface area contributed by atoms with E-state index in [2.05, 4.69) is 21.2 Å². The molecule has 0 spiro atoms. The van der Waals surface area contributed by atoms with Crippen LogP contribution in [0.2, 0.25) is 0 Å². The van der Waals surface area contributed by atoms with Gasteiger partial charge in [0.15, 0.2) is 0 Å². The predicted octanol–water partition coefficient (Wildman–Crippen LogP) is 2.86. The van der Waals surface area contributed by atoms with Crippen molar-refractivity contribution in [2.75, 3.05) is 0 Å². The summed E-state index contributed by atoms with van der Waals surface area (Å²) in [6.07, 6.45) is 4.73. The summed E-state index contributed by atoms with van der Waals surface area (Å²) < 4.78 is 0.607. The Morgan fingerprint density at radius 3 is 2.65 bits per heavy atom. The van der Waals surface area contributed by atoms with Crippen LogP contribution in [0.5, 0.6) is 5.75 Å². The van der Waals surface area contributed by atoms with E-state index in [1.807, 2.05) is 0 Å². The number of hydrogen-bond donors (Lipinski definition) is 3. The number of benzene rings is 1. The Morgan fingerprint density at radius 1 is 1.30 bits per heavy atom. The Balaban J connectivity index is 1.84. The van der Waals surface area contributed by atoms with E-state index in [1.54, 1.807) is 18.2 Å². The maximum Gasteiger partial charge on any atom is 0.223 e. The highest BCUT2D eigenvalue weighted by Crippen LogP contribution is 2.30. The van der Waals surface area contributed by atoms with Gasteiger partial charge in [0.2, 0.25) is 5.91 Å². The van der Waals surface area contributed by atoms with Gasteiger partial charge in [0.1, 0.15) is 5.75 Å². The predicted molar refractivity (Wildman–Crippen MR) is 80.3 cm³/mol. The van der Waals surface area contributed by atoms with Crippen LogP contribution in [-0.2, 0) is 11.3 Å². The molecule has 0 atom stereocenters. The first kappa shape index (κ1) is 15.3. The van der Waals surface area contributed by atoms with Crippen molar-refractivity contribution in [3.05, 3.63) is 28.2 Å². The lowest BCUT2D eigenvalue weighted by Gasteiger charge is -2.31. The summed E-state index contributed by atoms with van der Waals surface area (Å²) in [5, 5.41) is 22.5. The van der Waals surface area contributed by atoms with Gasteiger partial charge in [-0.05, 0) is 46.5 Å². The van der Waals surface area contributed by atoms with Crippen molar-refractivity contribution < 1.29 is 15.0 Å². The third kappa shape index (κ3) is 4.21. The second-order valence-corrected chi connectivity index (χ2v) is 6.38. The molecule has 20 heavy (non-hydrogen) atoms. The number of carbonyl (C=O) groups is 1. The highest BCUT2D eigenvalue weighted by Gasteiger charge is 2.31. The molecule has 5 heteroatoms. The molecule has 0 aliphatic heterocycles.